The summed E-state index contributed by atoms with van der Waals surface area (Å²) in [4.78, 5) is 0. The number of halogens is 1. The molecule has 0 unspecified atom stereocenters. The number of anilines is 1. The summed E-state index contributed by atoms with van der Waals surface area (Å²) < 4.78 is 5.20. The van der Waals surface area contributed by atoms with Crippen molar-refractivity contribution in [1.29, 1.82) is 0 Å². The van der Waals surface area contributed by atoms with Gasteiger partial charge in [0.25, 0.3) is 0 Å². The first-order valence-corrected chi connectivity index (χ1v) is 7.03. The van der Waals surface area contributed by atoms with E-state index >= 15 is 0 Å². The molecule has 21 heavy (non-hydrogen) atoms. The predicted octanol–water partition coefficient (Wildman–Crippen LogP) is 4.86. The van der Waals surface area contributed by atoms with Crippen molar-refractivity contribution in [3.63, 3.8) is 0 Å². The van der Waals surface area contributed by atoms with Crippen LogP contribution in [0.2, 0.25) is 5.02 Å². The zero-order valence-corrected chi connectivity index (χ0v) is 12.6. The average molecular weight is 299 g/mol. The number of nitrogens with two attached hydrogens (primary N) is 1. The lowest BCUT2D eigenvalue weighted by Crippen LogP contribution is -1.90. The Hall–Kier alpha value is -2.26. The number of nitrogens with zero attached hydrogens (tertiary/aromatic N) is 1. The molecule has 0 aliphatic rings. The molecule has 3 rings (SSSR count). The van der Waals surface area contributed by atoms with Gasteiger partial charge in [-0.3, -0.25) is 0 Å². The van der Waals surface area contributed by atoms with E-state index in [-0.39, 0.29) is 5.88 Å². The van der Waals surface area contributed by atoms with E-state index in [0.717, 1.165) is 16.7 Å². The van der Waals surface area contributed by atoms with Gasteiger partial charge in [-0.1, -0.05) is 47.1 Å². The topological polar surface area (TPSA) is 52.0 Å². The lowest BCUT2D eigenvalue weighted by molar-refractivity contribution is 0.439. The van der Waals surface area contributed by atoms with Crippen LogP contribution in [0.1, 0.15) is 11.1 Å². The molecule has 0 aliphatic carbocycles. The fourth-order valence-electron chi connectivity index (χ4n) is 2.31. The van der Waals surface area contributed by atoms with Gasteiger partial charge in [0, 0.05) is 16.1 Å². The van der Waals surface area contributed by atoms with Gasteiger partial charge in [0.2, 0.25) is 5.88 Å². The fraction of sp³-hybridized carbons (Fsp3) is 0.118. The second-order valence-corrected chi connectivity index (χ2v) is 5.46. The number of hydrogen-bond acceptors (Lipinski definition) is 3. The van der Waals surface area contributed by atoms with Crippen molar-refractivity contribution >= 4 is 17.5 Å². The van der Waals surface area contributed by atoms with Gasteiger partial charge in [0.1, 0.15) is 5.69 Å². The van der Waals surface area contributed by atoms with Gasteiger partial charge in [-0.15, -0.1) is 0 Å². The van der Waals surface area contributed by atoms with Crippen LogP contribution in [0.15, 0.2) is 47.0 Å². The summed E-state index contributed by atoms with van der Waals surface area (Å²) in [5, 5.41) is 4.74. The van der Waals surface area contributed by atoms with E-state index in [1.807, 2.05) is 30.3 Å². The van der Waals surface area contributed by atoms with E-state index < -0.39 is 0 Å². The van der Waals surface area contributed by atoms with Crippen LogP contribution in [-0.2, 0) is 0 Å². The third kappa shape index (κ3) is 2.41. The molecule has 1 aromatic heterocycles. The van der Waals surface area contributed by atoms with E-state index in [1.54, 1.807) is 0 Å². The van der Waals surface area contributed by atoms with Crippen molar-refractivity contribution in [3.05, 3.63) is 58.6 Å². The molecule has 0 saturated heterocycles. The smallest absolute Gasteiger partial charge is 0.230 e. The van der Waals surface area contributed by atoms with Crippen LogP contribution < -0.4 is 5.73 Å². The first-order chi connectivity index (χ1) is 10.1. The van der Waals surface area contributed by atoms with Crippen LogP contribution in [-0.4, -0.2) is 5.16 Å². The Labute approximate surface area is 128 Å². The summed E-state index contributed by atoms with van der Waals surface area (Å²) in [5.41, 5.74) is 11.6. The van der Waals surface area contributed by atoms with Crippen LogP contribution in [0.5, 0.6) is 0 Å². The lowest BCUT2D eigenvalue weighted by atomic mass is 9.98. The Morgan fingerprint density at radius 1 is 1.05 bits per heavy atom. The van der Waals surface area contributed by atoms with Gasteiger partial charge >= 0.3 is 0 Å². The van der Waals surface area contributed by atoms with Crippen LogP contribution in [0.3, 0.4) is 0 Å². The molecular formula is C17H15ClN2O. The molecule has 4 heteroatoms. The standard InChI is InChI=1S/C17H15ClN2O/c1-10-7-8-12(9-11(10)2)16-15(17(19)21-20-16)13-5-3-4-6-14(13)18/h3-9H,19H2,1-2H3. The van der Waals surface area contributed by atoms with Crippen molar-refractivity contribution < 1.29 is 4.52 Å². The van der Waals surface area contributed by atoms with E-state index in [0.29, 0.717) is 10.7 Å². The fourth-order valence-corrected chi connectivity index (χ4v) is 2.54. The van der Waals surface area contributed by atoms with Gasteiger partial charge in [0.15, 0.2) is 0 Å². The Morgan fingerprint density at radius 2 is 1.81 bits per heavy atom. The number of benzene rings is 2. The minimum atomic E-state index is 0.274. The summed E-state index contributed by atoms with van der Waals surface area (Å²) >= 11 is 6.28. The monoisotopic (exact) mass is 298 g/mol. The minimum absolute atomic E-state index is 0.274. The normalized spacial score (nSPS) is 10.8. The van der Waals surface area contributed by atoms with E-state index in [1.165, 1.54) is 11.1 Å². The Kier molecular flexibility index (Phi) is 3.43. The number of aryl methyl sites for hydroxylation is 2. The molecule has 0 atom stereocenters. The van der Waals surface area contributed by atoms with Crippen molar-refractivity contribution in [2.75, 3.05) is 5.73 Å². The molecule has 2 aromatic carbocycles. The maximum Gasteiger partial charge on any atom is 0.230 e. The molecule has 0 amide bonds. The lowest BCUT2D eigenvalue weighted by Gasteiger charge is -2.07. The van der Waals surface area contributed by atoms with Crippen molar-refractivity contribution in [2.24, 2.45) is 0 Å². The molecule has 3 nitrogen and oxygen atoms in total. The highest BCUT2D eigenvalue weighted by Crippen LogP contribution is 2.39. The third-order valence-electron chi connectivity index (χ3n) is 3.64. The predicted molar refractivity (Wildman–Crippen MR) is 86.3 cm³/mol. The summed E-state index contributed by atoms with van der Waals surface area (Å²) in [6.07, 6.45) is 0. The highest BCUT2D eigenvalue weighted by atomic mass is 35.5. The molecule has 0 spiro atoms. The molecular weight excluding hydrogens is 284 g/mol. The molecule has 1 heterocycles. The van der Waals surface area contributed by atoms with Crippen LogP contribution in [0.25, 0.3) is 22.4 Å². The number of rotatable bonds is 2. The minimum Gasteiger partial charge on any atom is -0.367 e. The molecule has 0 fully saturated rings. The molecule has 0 bridgehead atoms. The second kappa shape index (κ2) is 5.26. The Bertz CT molecular complexity index is 808. The van der Waals surface area contributed by atoms with Crippen LogP contribution >= 0.6 is 11.6 Å². The molecule has 0 saturated carbocycles. The molecule has 2 N–H and O–H groups in total. The molecule has 106 valence electrons. The average Bonchev–Trinajstić information content (AvgIpc) is 2.84. The van der Waals surface area contributed by atoms with Crippen molar-refractivity contribution in [2.45, 2.75) is 13.8 Å². The van der Waals surface area contributed by atoms with E-state index in [9.17, 15) is 0 Å². The van der Waals surface area contributed by atoms with Gasteiger partial charge in [-0.2, -0.15) is 0 Å². The Balaban J connectivity index is 2.22. The van der Waals surface area contributed by atoms with Crippen LogP contribution in [0, 0.1) is 13.8 Å². The highest BCUT2D eigenvalue weighted by molar-refractivity contribution is 6.33. The van der Waals surface area contributed by atoms with Gasteiger partial charge in [-0.05, 0) is 37.1 Å². The summed E-state index contributed by atoms with van der Waals surface area (Å²) in [5.74, 6) is 0.274. The maximum absolute atomic E-state index is 6.28. The number of hydrogen-bond donors (Lipinski definition) is 1. The second-order valence-electron chi connectivity index (χ2n) is 5.05. The molecule has 0 aliphatic heterocycles. The number of nitrogen functional groups attached to an aromatic ring is 1. The summed E-state index contributed by atoms with van der Waals surface area (Å²) in [6, 6.07) is 13.7. The first kappa shape index (κ1) is 13.7. The maximum atomic E-state index is 6.28. The molecule has 3 aromatic rings. The van der Waals surface area contributed by atoms with Crippen LogP contribution in [0.4, 0.5) is 5.88 Å². The van der Waals surface area contributed by atoms with Gasteiger partial charge in [0.05, 0.1) is 5.56 Å². The third-order valence-corrected chi connectivity index (χ3v) is 3.97. The summed E-state index contributed by atoms with van der Waals surface area (Å²) in [6.45, 7) is 4.14. The number of aromatic nitrogens is 1. The van der Waals surface area contributed by atoms with Gasteiger partial charge < -0.3 is 10.3 Å². The summed E-state index contributed by atoms with van der Waals surface area (Å²) in [7, 11) is 0. The van der Waals surface area contributed by atoms with Crippen molar-refractivity contribution in [3.8, 4) is 22.4 Å². The zero-order valence-electron chi connectivity index (χ0n) is 11.9. The first-order valence-electron chi connectivity index (χ1n) is 6.65. The highest BCUT2D eigenvalue weighted by Gasteiger charge is 2.19. The van der Waals surface area contributed by atoms with E-state index in [2.05, 4.69) is 31.1 Å². The molecule has 0 radical (unpaired) electrons. The quantitative estimate of drug-likeness (QED) is 0.735. The zero-order chi connectivity index (χ0) is 15.0. The largest absolute Gasteiger partial charge is 0.367 e. The SMILES string of the molecule is Cc1ccc(-c2noc(N)c2-c2ccccc2Cl)cc1C. The van der Waals surface area contributed by atoms with Crippen molar-refractivity contribution in [1.82, 2.24) is 5.16 Å². The van der Waals surface area contributed by atoms with Gasteiger partial charge in [-0.25, -0.2) is 0 Å². The van der Waals surface area contributed by atoms with E-state index in [4.69, 9.17) is 21.9 Å². The Morgan fingerprint density at radius 3 is 2.52 bits per heavy atom.